The molecule has 4 heteroatoms. The van der Waals surface area contributed by atoms with E-state index in [1.54, 1.807) is 30.3 Å². The lowest BCUT2D eigenvalue weighted by Gasteiger charge is -2.07. The van der Waals surface area contributed by atoms with Crippen LogP contribution in [0.3, 0.4) is 0 Å². The van der Waals surface area contributed by atoms with Crippen molar-refractivity contribution >= 4 is 5.91 Å². The van der Waals surface area contributed by atoms with Gasteiger partial charge < -0.3 is 4.74 Å². The van der Waals surface area contributed by atoms with Crippen molar-refractivity contribution < 1.29 is 9.53 Å². The lowest BCUT2D eigenvalue weighted by atomic mass is 10.0. The molecule has 0 bridgehead atoms. The SMILES string of the molecule is C=CCOc1ccc(C(=O)n2nc(C)c(CCCCCCC)c2C)cc1. The van der Waals surface area contributed by atoms with Crippen molar-refractivity contribution in [1.29, 1.82) is 0 Å². The number of aryl methyl sites for hydroxylation is 1. The maximum Gasteiger partial charge on any atom is 0.278 e. The molecule has 4 nitrogen and oxygen atoms in total. The fourth-order valence-corrected chi connectivity index (χ4v) is 3.11. The molecule has 0 spiro atoms. The molecule has 1 heterocycles. The van der Waals surface area contributed by atoms with Gasteiger partial charge in [0, 0.05) is 11.3 Å². The molecule has 0 aliphatic heterocycles. The number of carbonyl (C=O) groups is 1. The molecule has 0 radical (unpaired) electrons. The topological polar surface area (TPSA) is 44.1 Å². The number of unbranched alkanes of at least 4 members (excludes halogenated alkanes) is 4. The maximum atomic E-state index is 12.8. The summed E-state index contributed by atoms with van der Waals surface area (Å²) in [5.41, 5.74) is 3.73. The third kappa shape index (κ3) is 5.07. The van der Waals surface area contributed by atoms with Gasteiger partial charge in [-0.3, -0.25) is 4.79 Å². The van der Waals surface area contributed by atoms with E-state index in [2.05, 4.69) is 18.6 Å². The fourth-order valence-electron chi connectivity index (χ4n) is 3.11. The third-order valence-electron chi connectivity index (χ3n) is 4.63. The van der Waals surface area contributed by atoms with E-state index in [-0.39, 0.29) is 5.91 Å². The van der Waals surface area contributed by atoms with E-state index in [1.807, 2.05) is 13.8 Å². The molecule has 140 valence electrons. The molecule has 0 saturated heterocycles. The van der Waals surface area contributed by atoms with Crippen LogP contribution in [-0.4, -0.2) is 22.3 Å². The third-order valence-corrected chi connectivity index (χ3v) is 4.63. The first-order chi connectivity index (χ1) is 12.6. The summed E-state index contributed by atoms with van der Waals surface area (Å²) in [5.74, 6) is 0.626. The van der Waals surface area contributed by atoms with Crippen LogP contribution >= 0.6 is 0 Å². The second-order valence-corrected chi connectivity index (χ2v) is 6.65. The highest BCUT2D eigenvalue weighted by atomic mass is 16.5. The average molecular weight is 354 g/mol. The summed E-state index contributed by atoms with van der Waals surface area (Å²) in [6.07, 6.45) is 8.89. The molecule has 0 saturated carbocycles. The highest BCUT2D eigenvalue weighted by molar-refractivity contribution is 5.96. The van der Waals surface area contributed by atoms with Crippen LogP contribution in [0, 0.1) is 13.8 Å². The molecular formula is C22H30N2O2. The van der Waals surface area contributed by atoms with E-state index in [0.717, 1.165) is 30.0 Å². The first kappa shape index (κ1) is 20.0. The second-order valence-electron chi connectivity index (χ2n) is 6.65. The zero-order valence-corrected chi connectivity index (χ0v) is 16.3. The summed E-state index contributed by atoms with van der Waals surface area (Å²) in [7, 11) is 0. The van der Waals surface area contributed by atoms with E-state index >= 15 is 0 Å². The summed E-state index contributed by atoms with van der Waals surface area (Å²) in [6.45, 7) is 10.3. The van der Waals surface area contributed by atoms with E-state index in [1.165, 1.54) is 35.9 Å². The lowest BCUT2D eigenvalue weighted by Crippen LogP contribution is -2.15. The van der Waals surface area contributed by atoms with Gasteiger partial charge >= 0.3 is 0 Å². The molecule has 0 atom stereocenters. The largest absolute Gasteiger partial charge is 0.490 e. The first-order valence-corrected chi connectivity index (χ1v) is 9.52. The number of benzene rings is 1. The second kappa shape index (κ2) is 9.95. The smallest absolute Gasteiger partial charge is 0.278 e. The normalized spacial score (nSPS) is 10.7. The van der Waals surface area contributed by atoms with Crippen molar-refractivity contribution in [3.63, 3.8) is 0 Å². The minimum Gasteiger partial charge on any atom is -0.490 e. The van der Waals surface area contributed by atoms with Gasteiger partial charge in [-0.1, -0.05) is 45.3 Å². The van der Waals surface area contributed by atoms with E-state index < -0.39 is 0 Å². The molecular weight excluding hydrogens is 324 g/mol. The van der Waals surface area contributed by atoms with Gasteiger partial charge in [0.25, 0.3) is 5.91 Å². The standard InChI is InChI=1S/C22H30N2O2/c1-5-7-8-9-10-11-21-17(3)23-24(18(21)4)22(25)19-12-14-20(15-13-19)26-16-6-2/h6,12-15H,2,5,7-11,16H2,1,3-4H3. The zero-order valence-electron chi connectivity index (χ0n) is 16.3. The summed E-state index contributed by atoms with van der Waals surface area (Å²) in [4.78, 5) is 12.8. The summed E-state index contributed by atoms with van der Waals surface area (Å²) >= 11 is 0. The molecule has 0 aliphatic rings. The molecule has 0 N–H and O–H groups in total. The zero-order chi connectivity index (χ0) is 18.9. The Morgan fingerprint density at radius 2 is 1.85 bits per heavy atom. The highest BCUT2D eigenvalue weighted by Gasteiger charge is 2.17. The van der Waals surface area contributed by atoms with Crippen LogP contribution < -0.4 is 4.74 Å². The Hall–Kier alpha value is -2.36. The van der Waals surface area contributed by atoms with Crippen LogP contribution in [0.25, 0.3) is 0 Å². The van der Waals surface area contributed by atoms with E-state index in [0.29, 0.717) is 12.2 Å². The number of hydrogen-bond donors (Lipinski definition) is 0. The molecule has 2 rings (SSSR count). The average Bonchev–Trinajstić information content (AvgIpc) is 2.94. The minimum absolute atomic E-state index is 0.0990. The quantitative estimate of drug-likeness (QED) is 0.431. The fraction of sp³-hybridized carbons (Fsp3) is 0.455. The number of nitrogens with zero attached hydrogens (tertiary/aromatic N) is 2. The van der Waals surface area contributed by atoms with Gasteiger partial charge in [0.05, 0.1) is 5.69 Å². The van der Waals surface area contributed by atoms with Crippen LogP contribution in [0.5, 0.6) is 5.75 Å². The van der Waals surface area contributed by atoms with Crippen molar-refractivity contribution in [2.75, 3.05) is 6.61 Å². The number of rotatable bonds is 10. The molecule has 0 amide bonds. The van der Waals surface area contributed by atoms with Gasteiger partial charge in [-0.25, -0.2) is 4.68 Å². The Morgan fingerprint density at radius 1 is 1.15 bits per heavy atom. The Bertz CT molecular complexity index is 729. The van der Waals surface area contributed by atoms with Crippen molar-refractivity contribution in [1.82, 2.24) is 9.78 Å². The van der Waals surface area contributed by atoms with Gasteiger partial charge in [0.15, 0.2) is 0 Å². The Labute approximate surface area is 156 Å². The highest BCUT2D eigenvalue weighted by Crippen LogP contribution is 2.19. The monoisotopic (exact) mass is 354 g/mol. The number of ether oxygens (including phenoxy) is 1. The van der Waals surface area contributed by atoms with Crippen molar-refractivity contribution in [3.05, 3.63) is 59.4 Å². The molecule has 2 aromatic rings. The Morgan fingerprint density at radius 3 is 2.50 bits per heavy atom. The van der Waals surface area contributed by atoms with Crippen LogP contribution in [0.4, 0.5) is 0 Å². The van der Waals surface area contributed by atoms with Crippen LogP contribution in [0.1, 0.15) is 66.3 Å². The van der Waals surface area contributed by atoms with Crippen molar-refractivity contribution in [3.8, 4) is 5.75 Å². The van der Waals surface area contributed by atoms with Crippen LogP contribution in [0.2, 0.25) is 0 Å². The van der Waals surface area contributed by atoms with Gasteiger partial charge in [0.2, 0.25) is 0 Å². The van der Waals surface area contributed by atoms with Gasteiger partial charge in [-0.2, -0.15) is 5.10 Å². The van der Waals surface area contributed by atoms with Crippen molar-refractivity contribution in [2.45, 2.75) is 59.3 Å². The molecule has 0 fully saturated rings. The van der Waals surface area contributed by atoms with Crippen molar-refractivity contribution in [2.24, 2.45) is 0 Å². The number of carbonyl (C=O) groups excluding carboxylic acids is 1. The Balaban J connectivity index is 2.07. The molecule has 0 unspecified atom stereocenters. The predicted molar refractivity (Wildman–Crippen MR) is 106 cm³/mol. The summed E-state index contributed by atoms with van der Waals surface area (Å²) in [5, 5.41) is 4.50. The maximum absolute atomic E-state index is 12.8. The van der Waals surface area contributed by atoms with Crippen LogP contribution in [0.15, 0.2) is 36.9 Å². The molecule has 1 aromatic carbocycles. The first-order valence-electron chi connectivity index (χ1n) is 9.52. The number of hydrogen-bond acceptors (Lipinski definition) is 3. The number of aromatic nitrogens is 2. The molecule has 1 aromatic heterocycles. The lowest BCUT2D eigenvalue weighted by molar-refractivity contribution is 0.0942. The van der Waals surface area contributed by atoms with E-state index in [9.17, 15) is 4.79 Å². The summed E-state index contributed by atoms with van der Waals surface area (Å²) < 4.78 is 7.00. The van der Waals surface area contributed by atoms with E-state index in [4.69, 9.17) is 4.74 Å². The molecule has 0 aliphatic carbocycles. The minimum atomic E-state index is -0.0990. The predicted octanol–water partition coefficient (Wildman–Crippen LogP) is 5.27. The Kier molecular flexibility index (Phi) is 7.64. The molecule has 26 heavy (non-hydrogen) atoms. The van der Waals surface area contributed by atoms with Gasteiger partial charge in [0.1, 0.15) is 12.4 Å². The van der Waals surface area contributed by atoms with Crippen LogP contribution in [-0.2, 0) is 6.42 Å². The van der Waals surface area contributed by atoms with Gasteiger partial charge in [-0.15, -0.1) is 0 Å². The van der Waals surface area contributed by atoms with Gasteiger partial charge in [-0.05, 0) is 56.5 Å². The summed E-state index contributed by atoms with van der Waals surface area (Å²) in [6, 6.07) is 7.16.